The number of pyridine rings is 2. The highest BCUT2D eigenvalue weighted by Gasteiger charge is 2.37. The molecule has 0 bridgehead atoms. The van der Waals surface area contributed by atoms with Gasteiger partial charge in [0.2, 0.25) is 5.82 Å². The van der Waals surface area contributed by atoms with Crippen LogP contribution in [0.25, 0.3) is 0 Å². The van der Waals surface area contributed by atoms with Gasteiger partial charge in [0, 0.05) is 30.1 Å². The van der Waals surface area contributed by atoms with Crippen LogP contribution in [0.2, 0.25) is 0 Å². The van der Waals surface area contributed by atoms with E-state index >= 15 is 0 Å². The summed E-state index contributed by atoms with van der Waals surface area (Å²) in [5, 5.41) is 9.25. The molecule has 25 heavy (non-hydrogen) atoms. The second kappa shape index (κ2) is 7.19. The summed E-state index contributed by atoms with van der Waals surface area (Å²) in [5.74, 6) is 1.03. The highest BCUT2D eigenvalue weighted by Crippen LogP contribution is 2.24. The van der Waals surface area contributed by atoms with Crippen LogP contribution in [0.4, 0.5) is 10.6 Å². The molecule has 3 heterocycles. The van der Waals surface area contributed by atoms with Gasteiger partial charge in [0.25, 0.3) is 0 Å². The van der Waals surface area contributed by atoms with Crippen molar-refractivity contribution in [2.24, 2.45) is 0 Å². The lowest BCUT2D eigenvalue weighted by Gasteiger charge is -2.42. The predicted octanol–water partition coefficient (Wildman–Crippen LogP) is 2.64. The van der Waals surface area contributed by atoms with E-state index in [1.165, 1.54) is 4.90 Å². The molecule has 0 radical (unpaired) electrons. The zero-order chi connectivity index (χ0) is 17.9. The topological polar surface area (TPSA) is 66.3 Å². The average Bonchev–Trinajstić information content (AvgIpc) is 2.61. The number of amides is 1. The monoisotopic (exact) mass is 341 g/mol. The first-order chi connectivity index (χ1) is 12.0. The third-order valence-electron chi connectivity index (χ3n) is 4.99. The number of aromatic nitrogens is 2. The summed E-state index contributed by atoms with van der Waals surface area (Å²) in [5.41, 5.74) is 3.21. The SMILES string of the molecule is Cc1ccc(CC[N+]2(c3cccc(C)n3)CCN(C(=O)O)CC2)nc1. The molecule has 0 unspecified atom stereocenters. The second-order valence-electron chi connectivity index (χ2n) is 6.80. The Labute approximate surface area is 148 Å². The number of piperazine rings is 1. The summed E-state index contributed by atoms with van der Waals surface area (Å²) in [7, 11) is 0. The van der Waals surface area contributed by atoms with Gasteiger partial charge < -0.3 is 5.11 Å². The third kappa shape index (κ3) is 3.96. The molecule has 2 aromatic rings. The minimum absolute atomic E-state index is 0.534. The molecule has 6 nitrogen and oxygen atoms in total. The van der Waals surface area contributed by atoms with E-state index in [-0.39, 0.29) is 0 Å². The van der Waals surface area contributed by atoms with Crippen molar-refractivity contribution in [2.45, 2.75) is 20.3 Å². The van der Waals surface area contributed by atoms with E-state index < -0.39 is 6.09 Å². The highest BCUT2D eigenvalue weighted by molar-refractivity contribution is 5.65. The van der Waals surface area contributed by atoms with Gasteiger partial charge in [-0.2, -0.15) is 0 Å². The van der Waals surface area contributed by atoms with Gasteiger partial charge >= 0.3 is 6.09 Å². The smallest absolute Gasteiger partial charge is 0.407 e. The Hall–Kier alpha value is -2.47. The minimum Gasteiger partial charge on any atom is -0.465 e. The van der Waals surface area contributed by atoms with E-state index in [1.807, 2.05) is 32.2 Å². The van der Waals surface area contributed by atoms with Crippen LogP contribution in [-0.2, 0) is 6.42 Å². The Kier molecular flexibility index (Phi) is 4.99. The average molecular weight is 341 g/mol. The summed E-state index contributed by atoms with van der Waals surface area (Å²) < 4.78 is 0.709. The van der Waals surface area contributed by atoms with Crippen molar-refractivity contribution >= 4 is 11.9 Å². The van der Waals surface area contributed by atoms with Crippen molar-refractivity contribution in [3.63, 3.8) is 0 Å². The fourth-order valence-electron chi connectivity index (χ4n) is 3.37. The Bertz CT molecular complexity index is 737. The molecule has 0 aromatic carbocycles. The van der Waals surface area contributed by atoms with E-state index in [0.717, 1.165) is 48.8 Å². The number of nitrogens with zero attached hydrogens (tertiary/aromatic N) is 4. The van der Waals surface area contributed by atoms with Crippen molar-refractivity contribution in [3.05, 3.63) is 53.5 Å². The molecule has 0 spiro atoms. The van der Waals surface area contributed by atoms with Crippen LogP contribution >= 0.6 is 0 Å². The van der Waals surface area contributed by atoms with E-state index in [2.05, 4.69) is 23.2 Å². The first-order valence-electron chi connectivity index (χ1n) is 8.68. The predicted molar refractivity (Wildman–Crippen MR) is 97.6 cm³/mol. The number of hydrogen-bond donors (Lipinski definition) is 1. The molecule has 1 aliphatic heterocycles. The molecule has 1 N–H and O–H groups in total. The van der Waals surface area contributed by atoms with Crippen molar-refractivity contribution in [3.8, 4) is 0 Å². The number of carbonyl (C=O) groups is 1. The van der Waals surface area contributed by atoms with Crippen LogP contribution in [0, 0.1) is 13.8 Å². The van der Waals surface area contributed by atoms with Gasteiger partial charge in [0.05, 0.1) is 19.6 Å². The Morgan fingerprint density at radius 1 is 1.20 bits per heavy atom. The van der Waals surface area contributed by atoms with Gasteiger partial charge in [-0.25, -0.2) is 9.78 Å². The first kappa shape index (κ1) is 17.4. The summed E-state index contributed by atoms with van der Waals surface area (Å²) in [6.07, 6.45) is 1.91. The molecule has 1 aliphatic rings. The van der Waals surface area contributed by atoms with Gasteiger partial charge in [0.1, 0.15) is 13.1 Å². The van der Waals surface area contributed by atoms with Gasteiger partial charge in [-0.05, 0) is 31.5 Å². The minimum atomic E-state index is -0.838. The first-order valence-corrected chi connectivity index (χ1v) is 8.68. The molecule has 1 amide bonds. The van der Waals surface area contributed by atoms with Crippen LogP contribution in [0.5, 0.6) is 0 Å². The molecule has 132 valence electrons. The number of carboxylic acid groups (broad SMARTS) is 1. The zero-order valence-corrected chi connectivity index (χ0v) is 14.9. The maximum absolute atomic E-state index is 11.3. The van der Waals surface area contributed by atoms with Crippen molar-refractivity contribution in [2.75, 3.05) is 32.7 Å². The fourth-order valence-corrected chi connectivity index (χ4v) is 3.37. The van der Waals surface area contributed by atoms with Gasteiger partial charge in [-0.3, -0.25) is 14.4 Å². The number of quaternary nitrogens is 1. The Morgan fingerprint density at radius 2 is 1.96 bits per heavy atom. The molecule has 6 heteroatoms. The van der Waals surface area contributed by atoms with Crippen LogP contribution in [0.15, 0.2) is 36.5 Å². The molecule has 0 atom stereocenters. The molecular formula is C19H25N4O2+. The maximum Gasteiger partial charge on any atom is 0.407 e. The lowest BCUT2D eigenvalue weighted by molar-refractivity contribution is 0.106. The summed E-state index contributed by atoms with van der Waals surface area (Å²) >= 11 is 0. The highest BCUT2D eigenvalue weighted by atomic mass is 16.4. The normalized spacial score (nSPS) is 16.6. The lowest BCUT2D eigenvalue weighted by atomic mass is 10.1. The molecule has 0 saturated carbocycles. The maximum atomic E-state index is 11.3. The standard InChI is InChI=1S/C19H24N4O2/c1-15-6-7-17(20-14-15)8-11-23(18-5-3-4-16(2)21-18)12-9-22(10-13-23)19(24)25/h3-7,14H,8-13H2,1-2H3/p+1. The third-order valence-corrected chi connectivity index (χ3v) is 4.99. The summed E-state index contributed by atoms with van der Waals surface area (Å²) in [4.78, 5) is 22.0. The Balaban J connectivity index is 1.82. The fraction of sp³-hybridized carbons (Fsp3) is 0.421. The molecule has 1 saturated heterocycles. The van der Waals surface area contributed by atoms with Gasteiger partial charge in [0.15, 0.2) is 0 Å². The molecule has 3 rings (SSSR count). The van der Waals surface area contributed by atoms with Crippen LogP contribution in [0.1, 0.15) is 17.0 Å². The van der Waals surface area contributed by atoms with E-state index in [1.54, 1.807) is 0 Å². The van der Waals surface area contributed by atoms with Crippen molar-refractivity contribution < 1.29 is 9.90 Å². The van der Waals surface area contributed by atoms with E-state index in [9.17, 15) is 9.90 Å². The number of aryl methyl sites for hydroxylation is 2. The van der Waals surface area contributed by atoms with Gasteiger partial charge in [-0.1, -0.05) is 12.1 Å². The quantitative estimate of drug-likeness (QED) is 0.868. The van der Waals surface area contributed by atoms with E-state index in [0.29, 0.717) is 17.6 Å². The van der Waals surface area contributed by atoms with Crippen LogP contribution < -0.4 is 4.48 Å². The second-order valence-corrected chi connectivity index (χ2v) is 6.80. The van der Waals surface area contributed by atoms with Crippen LogP contribution in [0.3, 0.4) is 0 Å². The summed E-state index contributed by atoms with van der Waals surface area (Å²) in [6, 6.07) is 10.2. The Morgan fingerprint density at radius 3 is 2.56 bits per heavy atom. The molecular weight excluding hydrogens is 316 g/mol. The molecule has 2 aromatic heterocycles. The summed E-state index contributed by atoms with van der Waals surface area (Å²) in [6.45, 7) is 7.46. The van der Waals surface area contributed by atoms with Crippen LogP contribution in [-0.4, -0.2) is 58.8 Å². The molecule has 0 aliphatic carbocycles. The van der Waals surface area contributed by atoms with E-state index in [4.69, 9.17) is 4.98 Å². The largest absolute Gasteiger partial charge is 0.465 e. The van der Waals surface area contributed by atoms with Gasteiger partial charge in [-0.15, -0.1) is 0 Å². The van der Waals surface area contributed by atoms with Crippen molar-refractivity contribution in [1.29, 1.82) is 0 Å². The zero-order valence-electron chi connectivity index (χ0n) is 14.9. The lowest BCUT2D eigenvalue weighted by Crippen LogP contribution is -2.62. The number of rotatable bonds is 4. The van der Waals surface area contributed by atoms with Crippen molar-refractivity contribution in [1.82, 2.24) is 19.4 Å². The molecule has 1 fully saturated rings. The number of hydrogen-bond acceptors (Lipinski definition) is 3.